The SMILES string of the molecule is CCCCCCCC1CCC(CCc2ccc(OCCCC3CCCCC3CC)cc2)CC1. The summed E-state index contributed by atoms with van der Waals surface area (Å²) in [6, 6.07) is 9.04. The van der Waals surface area contributed by atoms with Crippen LogP contribution in [0.4, 0.5) is 0 Å². The average Bonchev–Trinajstić information content (AvgIpc) is 2.87. The molecule has 3 rings (SSSR count). The highest BCUT2D eigenvalue weighted by molar-refractivity contribution is 5.27. The first kappa shape index (κ1) is 26.6. The van der Waals surface area contributed by atoms with Crippen LogP contribution in [0.5, 0.6) is 5.75 Å². The Bertz CT molecular complexity index is 597. The van der Waals surface area contributed by atoms with Gasteiger partial charge in [-0.2, -0.15) is 0 Å². The summed E-state index contributed by atoms with van der Waals surface area (Å²) >= 11 is 0. The van der Waals surface area contributed by atoms with Crippen molar-refractivity contribution in [3.05, 3.63) is 29.8 Å². The van der Waals surface area contributed by atoms with Gasteiger partial charge in [0, 0.05) is 0 Å². The van der Waals surface area contributed by atoms with Crippen LogP contribution in [0.25, 0.3) is 0 Å². The predicted octanol–water partition coefficient (Wildman–Crippen LogP) is 10.2. The Balaban J connectivity index is 1.24. The molecule has 0 heterocycles. The molecule has 0 aromatic heterocycles. The Labute approximate surface area is 206 Å². The van der Waals surface area contributed by atoms with Crippen molar-refractivity contribution in [2.24, 2.45) is 23.7 Å². The summed E-state index contributed by atoms with van der Waals surface area (Å²) in [5, 5.41) is 0. The molecule has 2 fully saturated rings. The number of rotatable bonds is 15. The van der Waals surface area contributed by atoms with Gasteiger partial charge in [0.25, 0.3) is 0 Å². The van der Waals surface area contributed by atoms with Crippen molar-refractivity contribution >= 4 is 0 Å². The standard InChI is InChI=1S/C32H54O/c1-3-5-6-7-8-12-27-16-18-28(19-17-27)20-21-29-22-24-32(25-23-29)33-26-11-15-31-14-10-9-13-30(31)4-2/h22-25,27-28,30-31H,3-21,26H2,1-2H3. The van der Waals surface area contributed by atoms with Gasteiger partial charge in [-0.15, -0.1) is 0 Å². The number of ether oxygens (including phenoxy) is 1. The van der Waals surface area contributed by atoms with E-state index in [9.17, 15) is 0 Å². The maximum atomic E-state index is 6.08. The zero-order valence-electron chi connectivity index (χ0n) is 22.2. The zero-order valence-corrected chi connectivity index (χ0v) is 22.2. The second-order valence-corrected chi connectivity index (χ2v) is 11.5. The second-order valence-electron chi connectivity index (χ2n) is 11.5. The highest BCUT2D eigenvalue weighted by atomic mass is 16.5. The van der Waals surface area contributed by atoms with E-state index in [4.69, 9.17) is 4.74 Å². The third-order valence-electron chi connectivity index (χ3n) is 9.03. The molecule has 2 atom stereocenters. The Hall–Kier alpha value is -0.980. The fourth-order valence-electron chi connectivity index (χ4n) is 6.71. The van der Waals surface area contributed by atoms with Gasteiger partial charge in [-0.3, -0.25) is 0 Å². The number of benzene rings is 1. The summed E-state index contributed by atoms with van der Waals surface area (Å²) in [7, 11) is 0. The Morgan fingerprint density at radius 1 is 0.667 bits per heavy atom. The lowest BCUT2D eigenvalue weighted by Crippen LogP contribution is -2.19. The van der Waals surface area contributed by atoms with E-state index in [1.54, 1.807) is 0 Å². The highest BCUT2D eigenvalue weighted by Crippen LogP contribution is 2.36. The summed E-state index contributed by atoms with van der Waals surface area (Å²) in [5.74, 6) is 4.99. The van der Waals surface area contributed by atoms with Gasteiger partial charge in [0.1, 0.15) is 5.75 Å². The topological polar surface area (TPSA) is 9.23 Å². The molecule has 188 valence electrons. The quantitative estimate of drug-likeness (QED) is 0.239. The van der Waals surface area contributed by atoms with Crippen molar-refractivity contribution in [3.63, 3.8) is 0 Å². The normalized spacial score (nSPS) is 25.8. The van der Waals surface area contributed by atoms with Crippen LogP contribution in [0.1, 0.15) is 135 Å². The monoisotopic (exact) mass is 454 g/mol. The first-order valence-corrected chi connectivity index (χ1v) is 15.0. The molecule has 0 radical (unpaired) electrons. The minimum Gasteiger partial charge on any atom is -0.494 e. The largest absolute Gasteiger partial charge is 0.494 e. The molecule has 2 aliphatic carbocycles. The van der Waals surface area contributed by atoms with Crippen molar-refractivity contribution in [1.29, 1.82) is 0 Å². The fourth-order valence-corrected chi connectivity index (χ4v) is 6.71. The van der Waals surface area contributed by atoms with E-state index in [-0.39, 0.29) is 0 Å². The van der Waals surface area contributed by atoms with Crippen molar-refractivity contribution in [2.75, 3.05) is 6.61 Å². The number of unbranched alkanes of at least 4 members (excludes halogenated alkanes) is 4. The third kappa shape index (κ3) is 10.0. The van der Waals surface area contributed by atoms with E-state index in [1.165, 1.54) is 128 Å². The van der Waals surface area contributed by atoms with Gasteiger partial charge in [0.2, 0.25) is 0 Å². The first-order chi connectivity index (χ1) is 16.3. The number of hydrogen-bond donors (Lipinski definition) is 0. The summed E-state index contributed by atoms with van der Waals surface area (Å²) in [6.07, 6.45) is 27.0. The minimum absolute atomic E-state index is 0.883. The molecular formula is C32H54O. The summed E-state index contributed by atoms with van der Waals surface area (Å²) in [6.45, 7) is 5.57. The fraction of sp³-hybridized carbons (Fsp3) is 0.812. The molecule has 0 aliphatic heterocycles. The second kappa shape index (κ2) is 15.8. The molecule has 1 aromatic carbocycles. The van der Waals surface area contributed by atoms with Gasteiger partial charge in [0.05, 0.1) is 6.61 Å². The van der Waals surface area contributed by atoms with E-state index in [1.807, 2.05) is 0 Å². The molecule has 2 aliphatic rings. The van der Waals surface area contributed by atoms with Crippen LogP contribution in [0.3, 0.4) is 0 Å². The molecule has 1 heteroatoms. The lowest BCUT2D eigenvalue weighted by Gasteiger charge is -2.30. The van der Waals surface area contributed by atoms with Crippen LogP contribution in [0.15, 0.2) is 24.3 Å². The summed E-state index contributed by atoms with van der Waals surface area (Å²) in [4.78, 5) is 0. The van der Waals surface area contributed by atoms with Crippen LogP contribution < -0.4 is 4.74 Å². The summed E-state index contributed by atoms with van der Waals surface area (Å²) < 4.78 is 6.08. The van der Waals surface area contributed by atoms with E-state index in [0.717, 1.165) is 36.0 Å². The highest BCUT2D eigenvalue weighted by Gasteiger charge is 2.23. The molecule has 2 saturated carbocycles. The zero-order chi connectivity index (χ0) is 23.1. The van der Waals surface area contributed by atoms with Gasteiger partial charge < -0.3 is 4.74 Å². The Morgan fingerprint density at radius 2 is 1.33 bits per heavy atom. The molecule has 0 amide bonds. The van der Waals surface area contributed by atoms with Gasteiger partial charge >= 0.3 is 0 Å². The molecular weight excluding hydrogens is 400 g/mol. The first-order valence-electron chi connectivity index (χ1n) is 15.0. The average molecular weight is 455 g/mol. The minimum atomic E-state index is 0.883. The Kier molecular flexibility index (Phi) is 12.8. The van der Waals surface area contributed by atoms with E-state index >= 15 is 0 Å². The van der Waals surface area contributed by atoms with Gasteiger partial charge in [0.15, 0.2) is 0 Å². The van der Waals surface area contributed by atoms with Crippen LogP contribution >= 0.6 is 0 Å². The van der Waals surface area contributed by atoms with Gasteiger partial charge in [-0.25, -0.2) is 0 Å². The summed E-state index contributed by atoms with van der Waals surface area (Å²) in [5.41, 5.74) is 1.49. The smallest absolute Gasteiger partial charge is 0.119 e. The lowest BCUT2D eigenvalue weighted by molar-refractivity contribution is 0.199. The molecule has 1 aromatic rings. The van der Waals surface area contributed by atoms with E-state index in [2.05, 4.69) is 38.1 Å². The predicted molar refractivity (Wildman–Crippen MR) is 144 cm³/mol. The third-order valence-corrected chi connectivity index (χ3v) is 9.03. The van der Waals surface area contributed by atoms with Crippen molar-refractivity contribution in [3.8, 4) is 5.75 Å². The Morgan fingerprint density at radius 3 is 2.03 bits per heavy atom. The van der Waals surface area contributed by atoms with Crippen molar-refractivity contribution < 1.29 is 4.74 Å². The van der Waals surface area contributed by atoms with E-state index in [0.29, 0.717) is 0 Å². The molecule has 1 nitrogen and oxygen atoms in total. The maximum absolute atomic E-state index is 6.08. The maximum Gasteiger partial charge on any atom is 0.119 e. The van der Waals surface area contributed by atoms with Crippen molar-refractivity contribution in [1.82, 2.24) is 0 Å². The molecule has 33 heavy (non-hydrogen) atoms. The van der Waals surface area contributed by atoms with Gasteiger partial charge in [-0.1, -0.05) is 122 Å². The lowest BCUT2D eigenvalue weighted by atomic mass is 9.76. The molecule has 0 N–H and O–H groups in total. The van der Waals surface area contributed by atoms with Crippen LogP contribution in [0.2, 0.25) is 0 Å². The number of hydrogen-bond acceptors (Lipinski definition) is 1. The van der Waals surface area contributed by atoms with Crippen LogP contribution in [0, 0.1) is 23.7 Å². The van der Waals surface area contributed by atoms with Crippen LogP contribution in [-0.2, 0) is 6.42 Å². The molecule has 2 unspecified atom stereocenters. The van der Waals surface area contributed by atoms with Crippen LogP contribution in [-0.4, -0.2) is 6.61 Å². The van der Waals surface area contributed by atoms with Gasteiger partial charge in [-0.05, 0) is 67.1 Å². The molecule has 0 spiro atoms. The molecule has 0 saturated heterocycles. The van der Waals surface area contributed by atoms with Crippen molar-refractivity contribution in [2.45, 2.75) is 136 Å². The van der Waals surface area contributed by atoms with E-state index < -0.39 is 0 Å². The molecule has 0 bridgehead atoms. The number of aryl methyl sites for hydroxylation is 1.